The van der Waals surface area contributed by atoms with Crippen LogP contribution in [0, 0.1) is 5.92 Å². The van der Waals surface area contributed by atoms with E-state index in [0.717, 1.165) is 57.8 Å². The van der Waals surface area contributed by atoms with Gasteiger partial charge in [-0.15, -0.1) is 0 Å². The van der Waals surface area contributed by atoms with E-state index in [2.05, 4.69) is 37.4 Å². The van der Waals surface area contributed by atoms with Crippen molar-refractivity contribution in [3.8, 4) is 0 Å². The third kappa shape index (κ3) is 31.4. The van der Waals surface area contributed by atoms with Crippen molar-refractivity contribution in [2.75, 3.05) is 26.4 Å². The Hall–Kier alpha value is -1.85. The molecule has 0 aliphatic heterocycles. The molecule has 0 aliphatic carbocycles. The first kappa shape index (κ1) is 46.1. The van der Waals surface area contributed by atoms with Crippen LogP contribution < -0.4 is 0 Å². The average Bonchev–Trinajstić information content (AvgIpc) is 3.05. The van der Waals surface area contributed by atoms with Crippen molar-refractivity contribution >= 4 is 19.8 Å². The molecule has 0 radical (unpaired) electrons. The summed E-state index contributed by atoms with van der Waals surface area (Å²) in [6.07, 6.45) is 23.2. The number of phosphoric ester groups is 1. The maximum absolute atomic E-state index is 12.5. The van der Waals surface area contributed by atoms with Crippen LogP contribution in [0.2, 0.25) is 0 Å². The monoisotopic (exact) mass is 704 g/mol. The molecule has 2 unspecified atom stereocenters. The van der Waals surface area contributed by atoms with Gasteiger partial charge in [0, 0.05) is 12.8 Å². The molecule has 0 aromatic heterocycles. The Bertz CT molecular complexity index is 935. The van der Waals surface area contributed by atoms with Gasteiger partial charge >= 0.3 is 19.8 Å². The zero-order valence-corrected chi connectivity index (χ0v) is 30.6. The molecule has 280 valence electrons. The number of allylic oxidation sites excluding steroid dienone is 5. The second-order valence-corrected chi connectivity index (χ2v) is 14.0. The van der Waals surface area contributed by atoms with E-state index in [9.17, 15) is 29.3 Å². The highest BCUT2D eigenvalue weighted by Crippen LogP contribution is 2.43. The van der Waals surface area contributed by atoms with Crippen molar-refractivity contribution in [3.05, 3.63) is 36.5 Å². The summed E-state index contributed by atoms with van der Waals surface area (Å²) >= 11 is 0. The first-order valence-electron chi connectivity index (χ1n) is 17.9. The SMILES string of the molecule is CC/C=C/C/C=C/C=C/C(O)CCCCCCCC(=O)O[C@H](COC(=O)CCCCCCCCC(C)C)COP(=O)(O)OC[C@@H](O)CO. The van der Waals surface area contributed by atoms with Crippen LogP contribution in [0.3, 0.4) is 0 Å². The Morgan fingerprint density at radius 3 is 1.94 bits per heavy atom. The highest BCUT2D eigenvalue weighted by molar-refractivity contribution is 7.47. The molecule has 0 saturated carbocycles. The zero-order valence-electron chi connectivity index (χ0n) is 29.7. The lowest BCUT2D eigenvalue weighted by Gasteiger charge is -2.20. The molecule has 0 rings (SSSR count). The van der Waals surface area contributed by atoms with Gasteiger partial charge in [0.1, 0.15) is 12.7 Å². The number of esters is 2. The van der Waals surface area contributed by atoms with Crippen molar-refractivity contribution < 1.29 is 52.9 Å². The van der Waals surface area contributed by atoms with E-state index in [4.69, 9.17) is 19.1 Å². The first-order chi connectivity index (χ1) is 23.0. The summed E-state index contributed by atoms with van der Waals surface area (Å²) in [5.41, 5.74) is 0. The Morgan fingerprint density at radius 1 is 0.729 bits per heavy atom. The van der Waals surface area contributed by atoms with Gasteiger partial charge in [0.2, 0.25) is 0 Å². The van der Waals surface area contributed by atoms with Gasteiger partial charge in [0.05, 0.1) is 25.9 Å². The van der Waals surface area contributed by atoms with Gasteiger partial charge in [0.15, 0.2) is 6.10 Å². The molecule has 4 atom stereocenters. The highest BCUT2D eigenvalue weighted by atomic mass is 31.2. The van der Waals surface area contributed by atoms with Crippen molar-refractivity contribution in [1.82, 2.24) is 0 Å². The third-order valence-corrected chi connectivity index (χ3v) is 8.29. The molecule has 0 saturated heterocycles. The molecule has 0 aromatic carbocycles. The van der Waals surface area contributed by atoms with Crippen LogP contribution in [0.1, 0.15) is 130 Å². The Morgan fingerprint density at radius 2 is 1.31 bits per heavy atom. The van der Waals surface area contributed by atoms with Crippen LogP contribution in [0.15, 0.2) is 36.5 Å². The van der Waals surface area contributed by atoms with E-state index in [-0.39, 0.29) is 19.4 Å². The fraction of sp³-hybridized carbons (Fsp3) is 0.778. The summed E-state index contributed by atoms with van der Waals surface area (Å²) in [5, 5.41) is 28.3. The maximum Gasteiger partial charge on any atom is 0.472 e. The summed E-state index contributed by atoms with van der Waals surface area (Å²) in [4.78, 5) is 34.7. The largest absolute Gasteiger partial charge is 0.472 e. The van der Waals surface area contributed by atoms with Gasteiger partial charge in [-0.05, 0) is 38.0 Å². The van der Waals surface area contributed by atoms with E-state index in [1.807, 2.05) is 18.2 Å². The van der Waals surface area contributed by atoms with Gasteiger partial charge in [-0.3, -0.25) is 18.6 Å². The van der Waals surface area contributed by atoms with Crippen LogP contribution >= 0.6 is 7.82 Å². The summed E-state index contributed by atoms with van der Waals surface area (Å²) in [6, 6.07) is 0. The van der Waals surface area contributed by atoms with Gasteiger partial charge < -0.3 is 29.7 Å². The van der Waals surface area contributed by atoms with E-state index in [1.165, 1.54) is 19.3 Å². The van der Waals surface area contributed by atoms with Gasteiger partial charge in [-0.25, -0.2) is 4.57 Å². The fourth-order valence-corrected chi connectivity index (χ4v) is 5.33. The Kier molecular flexibility index (Phi) is 30.0. The molecule has 0 heterocycles. The number of carbonyl (C=O) groups is 2. The lowest BCUT2D eigenvalue weighted by molar-refractivity contribution is -0.161. The quantitative estimate of drug-likeness (QED) is 0.0183. The van der Waals surface area contributed by atoms with Gasteiger partial charge in [0.25, 0.3) is 0 Å². The molecule has 0 fully saturated rings. The number of aliphatic hydroxyl groups is 3. The molecular weight excluding hydrogens is 639 g/mol. The average molecular weight is 705 g/mol. The standard InChI is InChI=1S/C36H65O11P/c1-4-5-6-7-8-13-18-23-32(38)24-19-14-11-16-21-26-36(41)47-34(30-46-48(42,43)45-28-33(39)27-37)29-44-35(40)25-20-15-10-9-12-17-22-31(2)3/h5-6,8,13,18,23,31-34,37-39H,4,7,9-12,14-17,19-22,24-30H2,1-3H3,(H,42,43)/b6-5+,13-8+,23-18+/t32?,33-,34+/m0/s1. The highest BCUT2D eigenvalue weighted by Gasteiger charge is 2.27. The molecule has 0 bridgehead atoms. The number of aliphatic hydroxyl groups excluding tert-OH is 3. The van der Waals surface area contributed by atoms with Crippen LogP contribution in [0.4, 0.5) is 0 Å². The summed E-state index contributed by atoms with van der Waals surface area (Å²) in [6.45, 7) is 4.32. The smallest absolute Gasteiger partial charge is 0.462 e. The molecule has 4 N–H and O–H groups in total. The Labute approximate surface area is 289 Å². The number of ether oxygens (including phenoxy) is 2. The second-order valence-electron chi connectivity index (χ2n) is 12.5. The van der Waals surface area contributed by atoms with Crippen LogP contribution in [0.25, 0.3) is 0 Å². The predicted molar refractivity (Wildman–Crippen MR) is 188 cm³/mol. The molecule has 0 aliphatic rings. The van der Waals surface area contributed by atoms with Crippen LogP contribution in [0.5, 0.6) is 0 Å². The summed E-state index contributed by atoms with van der Waals surface area (Å²) < 4.78 is 32.4. The minimum Gasteiger partial charge on any atom is -0.462 e. The molecule has 12 heteroatoms. The molecular formula is C36H65O11P. The normalized spacial score (nSPS) is 15.3. The van der Waals surface area contributed by atoms with Crippen molar-refractivity contribution in [1.29, 1.82) is 0 Å². The number of hydrogen-bond acceptors (Lipinski definition) is 10. The van der Waals surface area contributed by atoms with Gasteiger partial charge in [-0.2, -0.15) is 0 Å². The second kappa shape index (κ2) is 31.2. The maximum atomic E-state index is 12.5. The number of unbranched alkanes of at least 4 members (excludes halogenated alkanes) is 9. The minimum absolute atomic E-state index is 0.114. The summed E-state index contributed by atoms with van der Waals surface area (Å²) in [7, 11) is -4.63. The molecule has 48 heavy (non-hydrogen) atoms. The van der Waals surface area contributed by atoms with E-state index in [0.29, 0.717) is 25.2 Å². The zero-order chi connectivity index (χ0) is 35.9. The predicted octanol–water partition coefficient (Wildman–Crippen LogP) is 7.27. The Balaban J connectivity index is 4.50. The van der Waals surface area contributed by atoms with Crippen molar-refractivity contribution in [2.24, 2.45) is 5.92 Å². The van der Waals surface area contributed by atoms with Gasteiger partial charge in [-0.1, -0.05) is 121 Å². The number of hydrogen-bond donors (Lipinski definition) is 4. The first-order valence-corrected chi connectivity index (χ1v) is 19.4. The molecule has 0 aromatic rings. The lowest BCUT2D eigenvalue weighted by atomic mass is 10.0. The lowest BCUT2D eigenvalue weighted by Crippen LogP contribution is -2.29. The van der Waals surface area contributed by atoms with Crippen molar-refractivity contribution in [2.45, 2.75) is 148 Å². The number of phosphoric acid groups is 1. The van der Waals surface area contributed by atoms with Crippen LogP contribution in [-0.4, -0.2) is 76.9 Å². The third-order valence-electron chi connectivity index (χ3n) is 7.34. The topological polar surface area (TPSA) is 169 Å². The van der Waals surface area contributed by atoms with Crippen molar-refractivity contribution in [3.63, 3.8) is 0 Å². The van der Waals surface area contributed by atoms with Crippen LogP contribution in [-0.2, 0) is 32.7 Å². The van der Waals surface area contributed by atoms with E-state index < -0.39 is 57.9 Å². The van der Waals surface area contributed by atoms with E-state index >= 15 is 0 Å². The minimum atomic E-state index is -4.63. The van der Waals surface area contributed by atoms with E-state index in [1.54, 1.807) is 6.08 Å². The summed E-state index contributed by atoms with van der Waals surface area (Å²) in [5.74, 6) is -0.298. The molecule has 0 spiro atoms. The molecule has 11 nitrogen and oxygen atoms in total. The number of carbonyl (C=O) groups excluding carboxylic acids is 2. The molecule has 0 amide bonds. The fourth-order valence-electron chi connectivity index (χ4n) is 4.54. The number of rotatable bonds is 32.